The van der Waals surface area contributed by atoms with Crippen molar-refractivity contribution in [1.82, 2.24) is 0 Å². The van der Waals surface area contributed by atoms with Crippen LogP contribution in [-0.4, -0.2) is 21.8 Å². The van der Waals surface area contributed by atoms with E-state index in [-0.39, 0.29) is 5.82 Å². The second-order valence-electron chi connectivity index (χ2n) is 3.89. The third-order valence-corrected chi connectivity index (χ3v) is 4.72. The molecule has 1 fully saturated rings. The molecule has 0 radical (unpaired) electrons. The van der Waals surface area contributed by atoms with Gasteiger partial charge in [0, 0.05) is 38.5 Å². The van der Waals surface area contributed by atoms with Crippen molar-refractivity contribution < 1.29 is 8.60 Å². The second kappa shape index (κ2) is 5.27. The highest BCUT2D eigenvalue weighted by molar-refractivity contribution is 9.10. The zero-order valence-electron chi connectivity index (χ0n) is 8.71. The molecule has 1 aliphatic rings. The molecule has 1 N–H and O–H groups in total. The van der Waals surface area contributed by atoms with Gasteiger partial charge in [-0.2, -0.15) is 0 Å². The number of rotatable bonds is 2. The Morgan fingerprint density at radius 2 is 2.06 bits per heavy atom. The minimum absolute atomic E-state index is 0.248. The highest BCUT2D eigenvalue weighted by Crippen LogP contribution is 2.25. The largest absolute Gasteiger partial charge is 0.381 e. The van der Waals surface area contributed by atoms with Crippen LogP contribution in [0.25, 0.3) is 0 Å². The highest BCUT2D eigenvalue weighted by atomic mass is 79.9. The molecule has 1 aromatic carbocycles. The number of anilines is 1. The van der Waals surface area contributed by atoms with Crippen molar-refractivity contribution in [2.24, 2.45) is 0 Å². The number of hydrogen-bond donors (Lipinski definition) is 1. The summed E-state index contributed by atoms with van der Waals surface area (Å²) in [6.45, 7) is 0. The number of benzene rings is 1. The topological polar surface area (TPSA) is 29.1 Å². The van der Waals surface area contributed by atoms with Crippen molar-refractivity contribution >= 4 is 32.4 Å². The molecule has 88 valence electrons. The predicted molar refractivity (Wildman–Crippen MR) is 68.6 cm³/mol. The maximum Gasteiger partial charge on any atom is 0.124 e. The lowest BCUT2D eigenvalue weighted by molar-refractivity contribution is 0.620. The van der Waals surface area contributed by atoms with Gasteiger partial charge in [-0.05, 0) is 47.0 Å². The van der Waals surface area contributed by atoms with Crippen LogP contribution < -0.4 is 5.32 Å². The van der Waals surface area contributed by atoms with E-state index in [4.69, 9.17) is 0 Å². The Bertz CT molecular complexity index is 403. The lowest BCUT2D eigenvalue weighted by Crippen LogP contribution is -2.29. The average Bonchev–Trinajstić information content (AvgIpc) is 2.25. The van der Waals surface area contributed by atoms with Crippen molar-refractivity contribution in [2.75, 3.05) is 16.8 Å². The van der Waals surface area contributed by atoms with E-state index in [9.17, 15) is 8.60 Å². The molecule has 5 heteroatoms. The fourth-order valence-electron chi connectivity index (χ4n) is 1.76. The van der Waals surface area contributed by atoms with Crippen LogP contribution in [0, 0.1) is 5.82 Å². The zero-order chi connectivity index (χ0) is 11.5. The van der Waals surface area contributed by atoms with Crippen LogP contribution >= 0.6 is 15.9 Å². The lowest BCUT2D eigenvalue weighted by atomic mass is 10.1. The lowest BCUT2D eigenvalue weighted by Gasteiger charge is -2.24. The molecule has 2 nitrogen and oxygen atoms in total. The third kappa shape index (κ3) is 3.04. The summed E-state index contributed by atoms with van der Waals surface area (Å²) in [5.74, 6) is 1.27. The minimum Gasteiger partial charge on any atom is -0.381 e. The van der Waals surface area contributed by atoms with E-state index in [1.165, 1.54) is 12.1 Å². The first kappa shape index (κ1) is 12.0. The van der Waals surface area contributed by atoms with Gasteiger partial charge in [-0.1, -0.05) is 0 Å². The Kier molecular flexibility index (Phi) is 3.97. The van der Waals surface area contributed by atoms with Crippen LogP contribution in [0.4, 0.5) is 10.1 Å². The van der Waals surface area contributed by atoms with Gasteiger partial charge in [-0.3, -0.25) is 4.21 Å². The summed E-state index contributed by atoms with van der Waals surface area (Å²) < 4.78 is 24.8. The summed E-state index contributed by atoms with van der Waals surface area (Å²) in [7, 11) is -0.640. The van der Waals surface area contributed by atoms with Crippen LogP contribution in [0.2, 0.25) is 0 Å². The van der Waals surface area contributed by atoms with Crippen molar-refractivity contribution in [3.05, 3.63) is 28.5 Å². The molecule has 0 atom stereocenters. The van der Waals surface area contributed by atoms with Gasteiger partial charge < -0.3 is 5.32 Å². The molecule has 1 aromatic rings. The van der Waals surface area contributed by atoms with Crippen molar-refractivity contribution in [3.8, 4) is 0 Å². The molecule has 0 unspecified atom stereocenters. The van der Waals surface area contributed by atoms with Crippen molar-refractivity contribution in [1.29, 1.82) is 0 Å². The average molecular weight is 306 g/mol. The molecule has 0 saturated carbocycles. The third-order valence-electron chi connectivity index (χ3n) is 2.68. The van der Waals surface area contributed by atoms with Crippen LogP contribution in [0.15, 0.2) is 22.7 Å². The molecule has 0 amide bonds. The smallest absolute Gasteiger partial charge is 0.124 e. The summed E-state index contributed by atoms with van der Waals surface area (Å²) in [5, 5.41) is 3.35. The van der Waals surface area contributed by atoms with Crippen LogP contribution in [0.1, 0.15) is 12.8 Å². The summed E-state index contributed by atoms with van der Waals surface area (Å²) in [6.07, 6.45) is 1.83. The van der Waals surface area contributed by atoms with Gasteiger partial charge in [0.25, 0.3) is 0 Å². The van der Waals surface area contributed by atoms with E-state index in [0.29, 0.717) is 6.04 Å². The van der Waals surface area contributed by atoms with Crippen molar-refractivity contribution in [3.63, 3.8) is 0 Å². The van der Waals surface area contributed by atoms with Gasteiger partial charge >= 0.3 is 0 Å². The molecule has 1 aliphatic heterocycles. The fraction of sp³-hybridized carbons (Fsp3) is 0.455. The maximum atomic E-state index is 12.9. The first-order chi connectivity index (χ1) is 7.65. The number of halogens is 2. The van der Waals surface area contributed by atoms with Gasteiger partial charge in [-0.25, -0.2) is 4.39 Å². The Morgan fingerprint density at radius 3 is 2.69 bits per heavy atom. The van der Waals surface area contributed by atoms with Gasteiger partial charge in [0.05, 0.1) is 0 Å². The van der Waals surface area contributed by atoms with Crippen LogP contribution in [0.3, 0.4) is 0 Å². The van der Waals surface area contributed by atoms with Crippen LogP contribution in [-0.2, 0) is 10.8 Å². The van der Waals surface area contributed by atoms with Gasteiger partial charge in [-0.15, -0.1) is 0 Å². The summed E-state index contributed by atoms with van der Waals surface area (Å²) in [6, 6.07) is 4.96. The fourth-order valence-corrected chi connectivity index (χ4v) is 3.53. The minimum atomic E-state index is -0.640. The Labute approximate surface area is 105 Å². The van der Waals surface area contributed by atoms with E-state index in [0.717, 1.165) is 34.5 Å². The Balaban J connectivity index is 2.01. The second-order valence-corrected chi connectivity index (χ2v) is 6.44. The first-order valence-electron chi connectivity index (χ1n) is 5.22. The maximum absolute atomic E-state index is 12.9. The molecule has 0 spiro atoms. The van der Waals surface area contributed by atoms with E-state index >= 15 is 0 Å². The normalized spacial score (nSPS) is 25.4. The number of hydrogen-bond acceptors (Lipinski definition) is 2. The molecule has 0 bridgehead atoms. The molecular weight excluding hydrogens is 293 g/mol. The number of nitrogens with one attached hydrogen (secondary N) is 1. The molecule has 0 aromatic heterocycles. The van der Waals surface area contributed by atoms with Gasteiger partial charge in [0.1, 0.15) is 5.82 Å². The van der Waals surface area contributed by atoms with E-state index in [1.54, 1.807) is 6.07 Å². The molecule has 1 heterocycles. The molecule has 1 saturated heterocycles. The van der Waals surface area contributed by atoms with E-state index in [1.807, 2.05) is 0 Å². The summed E-state index contributed by atoms with van der Waals surface area (Å²) in [5.41, 5.74) is 0.902. The molecule has 2 rings (SSSR count). The predicted octanol–water partition coefficient (Wildman–Crippen LogP) is 2.91. The zero-order valence-corrected chi connectivity index (χ0v) is 11.1. The summed E-state index contributed by atoms with van der Waals surface area (Å²) >= 11 is 3.32. The molecule has 0 aliphatic carbocycles. The highest BCUT2D eigenvalue weighted by Gasteiger charge is 2.18. The standard InChI is InChI=1S/C11H13BrFNOS/c12-10-7-8(13)1-2-11(10)14-9-3-5-16(15)6-4-9/h1-2,7,9,14H,3-6H2. The van der Waals surface area contributed by atoms with Crippen molar-refractivity contribution in [2.45, 2.75) is 18.9 Å². The van der Waals surface area contributed by atoms with Gasteiger partial charge in [0.2, 0.25) is 0 Å². The van der Waals surface area contributed by atoms with Gasteiger partial charge in [0.15, 0.2) is 0 Å². The van der Waals surface area contributed by atoms with E-state index in [2.05, 4.69) is 21.2 Å². The monoisotopic (exact) mass is 305 g/mol. The quantitative estimate of drug-likeness (QED) is 0.910. The summed E-state index contributed by atoms with van der Waals surface area (Å²) in [4.78, 5) is 0. The SMILES string of the molecule is O=S1CCC(Nc2ccc(F)cc2Br)CC1. The Morgan fingerprint density at radius 1 is 1.38 bits per heavy atom. The Hall–Kier alpha value is -0.420. The first-order valence-corrected chi connectivity index (χ1v) is 7.50. The van der Waals surface area contributed by atoms with E-state index < -0.39 is 10.8 Å². The molecular formula is C11H13BrFNOS. The molecule has 16 heavy (non-hydrogen) atoms. The van der Waals surface area contributed by atoms with Crippen LogP contribution in [0.5, 0.6) is 0 Å².